The molecule has 6 nitrogen and oxygen atoms in total. The average Bonchev–Trinajstić information content (AvgIpc) is 2.71. The van der Waals surface area contributed by atoms with E-state index in [9.17, 15) is 4.79 Å². The molecular formula is C24H40N4O2. The summed E-state index contributed by atoms with van der Waals surface area (Å²) in [6, 6.07) is 7.84. The summed E-state index contributed by atoms with van der Waals surface area (Å²) in [6.07, 6.45) is 3.35. The minimum absolute atomic E-state index is 0.0304. The molecule has 1 saturated heterocycles. The van der Waals surface area contributed by atoms with Gasteiger partial charge in [0.1, 0.15) is 0 Å². The van der Waals surface area contributed by atoms with Gasteiger partial charge in [0.2, 0.25) is 0 Å². The highest BCUT2D eigenvalue weighted by molar-refractivity contribution is 5.94. The summed E-state index contributed by atoms with van der Waals surface area (Å²) >= 11 is 0. The third-order valence-electron chi connectivity index (χ3n) is 5.41. The molecule has 30 heavy (non-hydrogen) atoms. The molecule has 1 fully saturated rings. The molecule has 2 N–H and O–H groups in total. The molecule has 6 heteroatoms. The van der Waals surface area contributed by atoms with E-state index < -0.39 is 0 Å². The summed E-state index contributed by atoms with van der Waals surface area (Å²) in [4.78, 5) is 18.6. The summed E-state index contributed by atoms with van der Waals surface area (Å²) in [5.74, 6) is 1.32. The summed E-state index contributed by atoms with van der Waals surface area (Å²) in [5.41, 5.74) is 1.99. The Labute approximate surface area is 182 Å². The maximum atomic E-state index is 12.2. The molecule has 0 saturated carbocycles. The van der Waals surface area contributed by atoms with Crippen LogP contribution in [0.2, 0.25) is 0 Å². The minimum atomic E-state index is 0.0304. The van der Waals surface area contributed by atoms with Gasteiger partial charge in [-0.05, 0) is 49.3 Å². The van der Waals surface area contributed by atoms with Crippen LogP contribution in [0.4, 0.5) is 0 Å². The fourth-order valence-electron chi connectivity index (χ4n) is 3.98. The van der Waals surface area contributed by atoms with Gasteiger partial charge in [-0.25, -0.2) is 0 Å². The molecule has 0 aromatic heterocycles. The van der Waals surface area contributed by atoms with Crippen LogP contribution in [0.15, 0.2) is 29.3 Å². The molecule has 0 spiro atoms. The summed E-state index contributed by atoms with van der Waals surface area (Å²) in [7, 11) is 3.55. The predicted molar refractivity (Wildman–Crippen MR) is 124 cm³/mol. The first-order valence-electron chi connectivity index (χ1n) is 11.2. The highest BCUT2D eigenvalue weighted by Crippen LogP contribution is 2.34. The Bertz CT molecular complexity index is 709. The zero-order valence-electron chi connectivity index (χ0n) is 19.6. The number of carbonyl (C=O) groups is 1. The van der Waals surface area contributed by atoms with Gasteiger partial charge in [-0.1, -0.05) is 32.9 Å². The third kappa shape index (κ3) is 7.31. The maximum Gasteiger partial charge on any atom is 0.253 e. The lowest BCUT2D eigenvalue weighted by atomic mass is 9.78. The van der Waals surface area contributed by atoms with E-state index in [1.54, 1.807) is 19.0 Å². The molecule has 1 amide bonds. The molecule has 1 aliphatic rings. The van der Waals surface area contributed by atoms with Crippen LogP contribution in [0, 0.1) is 11.3 Å². The van der Waals surface area contributed by atoms with Gasteiger partial charge in [0.15, 0.2) is 5.96 Å². The Hall–Kier alpha value is -2.08. The Morgan fingerprint density at radius 3 is 2.70 bits per heavy atom. The van der Waals surface area contributed by atoms with Gasteiger partial charge < -0.3 is 20.3 Å². The standard InChI is InChI=1S/C24H40N4O2/c1-7-25-23(27-17-20-12-9-15-30-21(20)24(2,3)4)26-14-13-18-10-8-11-19(16-18)22(29)28(5)6/h8,10-11,16,20-21H,7,9,12-15,17H2,1-6H3,(H2,25,26,27). The van der Waals surface area contributed by atoms with E-state index in [4.69, 9.17) is 9.73 Å². The van der Waals surface area contributed by atoms with Crippen LogP contribution in [0.25, 0.3) is 0 Å². The molecule has 1 heterocycles. The third-order valence-corrected chi connectivity index (χ3v) is 5.41. The van der Waals surface area contributed by atoms with Crippen LogP contribution in [-0.4, -0.2) is 63.2 Å². The topological polar surface area (TPSA) is 66.0 Å². The lowest BCUT2D eigenvalue weighted by molar-refractivity contribution is -0.0823. The van der Waals surface area contributed by atoms with Crippen molar-refractivity contribution in [1.29, 1.82) is 0 Å². The minimum Gasteiger partial charge on any atom is -0.377 e. The van der Waals surface area contributed by atoms with Crippen LogP contribution in [0.5, 0.6) is 0 Å². The first-order valence-corrected chi connectivity index (χ1v) is 11.2. The van der Waals surface area contributed by atoms with Gasteiger partial charge in [-0.15, -0.1) is 0 Å². The molecular weight excluding hydrogens is 376 g/mol. The quantitative estimate of drug-likeness (QED) is 0.529. The van der Waals surface area contributed by atoms with Gasteiger partial charge in [0.25, 0.3) is 5.91 Å². The van der Waals surface area contributed by atoms with Gasteiger partial charge >= 0.3 is 0 Å². The fourth-order valence-corrected chi connectivity index (χ4v) is 3.98. The normalized spacial score (nSPS) is 20.0. The van der Waals surface area contributed by atoms with E-state index in [2.05, 4.69) is 44.4 Å². The second-order valence-corrected chi connectivity index (χ2v) is 9.36. The van der Waals surface area contributed by atoms with Crippen LogP contribution in [0.3, 0.4) is 0 Å². The van der Waals surface area contributed by atoms with Crippen molar-refractivity contribution in [1.82, 2.24) is 15.5 Å². The molecule has 1 aromatic rings. The zero-order chi connectivity index (χ0) is 22.1. The van der Waals surface area contributed by atoms with Crippen LogP contribution < -0.4 is 10.6 Å². The molecule has 2 atom stereocenters. The average molecular weight is 417 g/mol. The van der Waals surface area contributed by atoms with E-state index in [-0.39, 0.29) is 17.4 Å². The smallest absolute Gasteiger partial charge is 0.253 e. The first-order chi connectivity index (χ1) is 14.2. The van der Waals surface area contributed by atoms with Crippen LogP contribution in [0.1, 0.15) is 56.5 Å². The second kappa shape index (κ2) is 11.3. The van der Waals surface area contributed by atoms with Crippen molar-refractivity contribution in [2.45, 2.75) is 53.1 Å². The highest BCUT2D eigenvalue weighted by Gasteiger charge is 2.35. The molecule has 1 aliphatic heterocycles. The Morgan fingerprint density at radius 1 is 1.27 bits per heavy atom. The molecule has 0 aliphatic carbocycles. The number of amides is 1. The number of nitrogens with zero attached hydrogens (tertiary/aromatic N) is 2. The number of ether oxygens (including phenoxy) is 1. The SMILES string of the molecule is CCNC(=NCC1CCCOC1C(C)(C)C)NCCc1cccc(C(=O)N(C)C)c1. The maximum absolute atomic E-state index is 12.2. The molecule has 2 unspecified atom stereocenters. The van der Waals surface area contributed by atoms with E-state index >= 15 is 0 Å². The van der Waals surface area contributed by atoms with Gasteiger partial charge in [-0.2, -0.15) is 0 Å². The van der Waals surface area contributed by atoms with Crippen LogP contribution in [-0.2, 0) is 11.2 Å². The molecule has 168 valence electrons. The molecule has 1 aromatic carbocycles. The van der Waals surface area contributed by atoms with Gasteiger partial charge in [-0.3, -0.25) is 9.79 Å². The predicted octanol–water partition coefficient (Wildman–Crippen LogP) is 3.33. The lowest BCUT2D eigenvalue weighted by Gasteiger charge is -2.39. The van der Waals surface area contributed by atoms with E-state index in [0.29, 0.717) is 5.92 Å². The molecule has 0 radical (unpaired) electrons. The fraction of sp³-hybridized carbons (Fsp3) is 0.667. The Kier molecular flexibility index (Phi) is 9.15. The largest absolute Gasteiger partial charge is 0.377 e. The van der Waals surface area contributed by atoms with E-state index in [1.807, 2.05) is 18.2 Å². The van der Waals surface area contributed by atoms with Crippen molar-refractivity contribution < 1.29 is 9.53 Å². The molecule has 2 rings (SSSR count). The van der Waals surface area contributed by atoms with Crippen molar-refractivity contribution in [3.8, 4) is 0 Å². The Morgan fingerprint density at radius 2 is 2.03 bits per heavy atom. The number of guanidine groups is 1. The number of rotatable bonds is 7. The van der Waals surface area contributed by atoms with Gasteiger partial charge in [0.05, 0.1) is 6.10 Å². The second-order valence-electron chi connectivity index (χ2n) is 9.36. The van der Waals surface area contributed by atoms with Crippen molar-refractivity contribution in [3.05, 3.63) is 35.4 Å². The number of hydrogen-bond acceptors (Lipinski definition) is 3. The highest BCUT2D eigenvalue weighted by atomic mass is 16.5. The number of aliphatic imine (C=N–C) groups is 1. The van der Waals surface area contributed by atoms with Crippen molar-refractivity contribution in [2.75, 3.05) is 40.3 Å². The number of benzene rings is 1. The number of hydrogen-bond donors (Lipinski definition) is 2. The summed E-state index contributed by atoms with van der Waals surface area (Å²) in [6.45, 7) is 12.0. The lowest BCUT2D eigenvalue weighted by Crippen LogP contribution is -2.43. The van der Waals surface area contributed by atoms with Crippen molar-refractivity contribution >= 4 is 11.9 Å². The monoisotopic (exact) mass is 416 g/mol. The van der Waals surface area contributed by atoms with Crippen molar-refractivity contribution in [3.63, 3.8) is 0 Å². The molecule has 0 bridgehead atoms. The van der Waals surface area contributed by atoms with E-state index in [1.165, 1.54) is 0 Å². The Balaban J connectivity index is 1.94. The zero-order valence-corrected chi connectivity index (χ0v) is 19.6. The van der Waals surface area contributed by atoms with E-state index in [0.717, 1.165) is 62.6 Å². The van der Waals surface area contributed by atoms with Crippen molar-refractivity contribution in [2.24, 2.45) is 16.3 Å². The number of carbonyl (C=O) groups excluding carboxylic acids is 1. The first kappa shape index (κ1) is 24.2. The summed E-state index contributed by atoms with van der Waals surface area (Å²) < 4.78 is 6.09. The van der Waals surface area contributed by atoms with Gasteiger partial charge in [0, 0.05) is 51.8 Å². The number of nitrogens with one attached hydrogen (secondary N) is 2. The summed E-state index contributed by atoms with van der Waals surface area (Å²) in [5, 5.41) is 6.78. The van der Waals surface area contributed by atoms with Crippen LogP contribution >= 0.6 is 0 Å².